The molecule has 0 aromatic rings. The zero-order valence-corrected chi connectivity index (χ0v) is 9.29. The first-order chi connectivity index (χ1) is 3.00. The van der Waals surface area contributed by atoms with Crippen molar-refractivity contribution in [2.24, 2.45) is 0 Å². The molecule has 9 heteroatoms. The molecule has 0 rings (SSSR count). The van der Waals surface area contributed by atoms with Crippen LogP contribution in [0.1, 0.15) is 0 Å². The standard InChI is InChI=1S/Al.ClO3Si.ClH.Mg.H2O/c;1-5(2,3)4;;;/h;;1H;;1H2/q+3;-3;;+2;/p-2. The van der Waals surface area contributed by atoms with Crippen LogP contribution in [0.15, 0.2) is 0 Å². The molecule has 1 N–H and O–H groups in total. The summed E-state index contributed by atoms with van der Waals surface area (Å²) in [5.74, 6) is 0. The molecular weight excluding hydrogens is 214 g/mol. The molecule has 0 bridgehead atoms. The number of hydrogen-bond donors (Lipinski definition) is 1. The topological polar surface area (TPSA) is 89.4 Å². The Kier molecular flexibility index (Phi) is 31.4. The molecule has 0 atom stereocenters. The van der Waals surface area contributed by atoms with Gasteiger partial charge in [-0.3, -0.25) is 0 Å². The van der Waals surface area contributed by atoms with Crippen LogP contribution < -0.4 is 26.8 Å². The Bertz CT molecular complexity index is 34.0. The predicted octanol–water partition coefficient (Wildman–Crippen LogP) is -7.57. The van der Waals surface area contributed by atoms with E-state index in [0.29, 0.717) is 0 Å². The summed E-state index contributed by atoms with van der Waals surface area (Å²) in [5.41, 5.74) is 0. The molecule has 0 spiro atoms. The van der Waals surface area contributed by atoms with Gasteiger partial charge >= 0.3 is 43.8 Å². The van der Waals surface area contributed by atoms with Gasteiger partial charge in [0.05, 0.1) is 0 Å². The number of halogens is 2. The van der Waals surface area contributed by atoms with E-state index in [-0.39, 0.29) is 35.5 Å². The quantitative estimate of drug-likeness (QED) is 0.321. The Morgan fingerprint density at radius 2 is 1.22 bits per heavy atom. The second-order valence-corrected chi connectivity index (χ2v) is 2.83. The zero-order chi connectivity index (χ0) is 6.50. The molecular formula is HAlCl2MgO4Si. The maximum atomic E-state index is 8.90. The average molecular weight is 215 g/mol. The van der Waals surface area contributed by atoms with Crippen molar-refractivity contribution in [1.82, 2.24) is 0 Å². The normalized spacial score (nSPS) is 7.44. The number of hydrogen-bond acceptors (Lipinski definition) is 4. The SMILES string of the molecule is [Cl-].[Mg+2].[O-][Si]([O-])([O-])Cl.[OH][Al+2]. The van der Waals surface area contributed by atoms with Gasteiger partial charge in [0.2, 0.25) is 0 Å². The molecule has 9 heavy (non-hydrogen) atoms. The fourth-order valence-corrected chi connectivity index (χ4v) is 0. The molecule has 0 unspecified atom stereocenters. The molecule has 0 aromatic heterocycles. The fourth-order valence-electron chi connectivity index (χ4n) is 0. The summed E-state index contributed by atoms with van der Waals surface area (Å²) in [5, 5.41) is 0. The average Bonchev–Trinajstić information content (AvgIpc) is 1.36. The van der Waals surface area contributed by atoms with Gasteiger partial charge in [0.15, 0.2) is 0 Å². The van der Waals surface area contributed by atoms with E-state index in [4.69, 9.17) is 18.5 Å². The van der Waals surface area contributed by atoms with Gasteiger partial charge in [-0.05, 0) is 0 Å². The van der Waals surface area contributed by atoms with E-state index >= 15 is 0 Å². The van der Waals surface area contributed by atoms with Crippen molar-refractivity contribution < 1.29 is 31.0 Å². The molecule has 0 aliphatic heterocycles. The summed E-state index contributed by atoms with van der Waals surface area (Å²) < 4.78 is 6.92. The van der Waals surface area contributed by atoms with Crippen molar-refractivity contribution >= 4 is 58.9 Å². The summed E-state index contributed by atoms with van der Waals surface area (Å²) in [7, 11) is -4.89. The van der Waals surface area contributed by atoms with Gasteiger partial charge in [-0.15, -0.1) is 0 Å². The predicted molar refractivity (Wildman–Crippen MR) is 25.3 cm³/mol. The van der Waals surface area contributed by atoms with Crippen LogP contribution in [0.4, 0.5) is 0 Å². The Morgan fingerprint density at radius 3 is 1.22 bits per heavy atom. The molecule has 0 aliphatic carbocycles. The van der Waals surface area contributed by atoms with Crippen molar-refractivity contribution in [2.75, 3.05) is 0 Å². The molecule has 48 valence electrons. The minimum atomic E-state index is -4.89. The van der Waals surface area contributed by atoms with Crippen LogP contribution in [-0.4, -0.2) is 51.9 Å². The third-order valence-corrected chi connectivity index (χ3v) is 0. The first-order valence-electron chi connectivity index (χ1n) is 1.06. The minimum absolute atomic E-state index is 0. The molecule has 0 aliphatic rings. The van der Waals surface area contributed by atoms with Crippen LogP contribution in [0.3, 0.4) is 0 Å². The van der Waals surface area contributed by atoms with Gasteiger partial charge in [-0.1, -0.05) is 0 Å². The van der Waals surface area contributed by atoms with E-state index in [1.807, 2.05) is 0 Å². The van der Waals surface area contributed by atoms with Gasteiger partial charge in [0, 0.05) is 0 Å². The summed E-state index contributed by atoms with van der Waals surface area (Å²) in [6.07, 6.45) is 0. The first-order valence-corrected chi connectivity index (χ1v) is 4.31. The summed E-state index contributed by atoms with van der Waals surface area (Å²) in [6, 6.07) is 0. The van der Waals surface area contributed by atoms with Crippen molar-refractivity contribution in [3.63, 3.8) is 0 Å². The first kappa shape index (κ1) is 22.4. The third kappa shape index (κ3) is 167. The van der Waals surface area contributed by atoms with Gasteiger partial charge < -0.3 is 26.8 Å². The Balaban J connectivity index is -0.0000000286. The van der Waals surface area contributed by atoms with Crippen molar-refractivity contribution in [3.05, 3.63) is 0 Å². The second-order valence-electron chi connectivity index (χ2n) is 0.481. The van der Waals surface area contributed by atoms with E-state index < -0.39 is 8.11 Å². The monoisotopic (exact) mass is 214 g/mol. The fraction of sp³-hybridized carbons (Fsp3) is 0. The molecule has 0 aromatic carbocycles. The molecule has 0 radical (unpaired) electrons. The van der Waals surface area contributed by atoms with E-state index in [0.717, 1.165) is 0 Å². The summed E-state index contributed by atoms with van der Waals surface area (Å²) in [4.78, 5) is 26.7. The van der Waals surface area contributed by atoms with E-state index in [2.05, 4.69) is 11.1 Å². The van der Waals surface area contributed by atoms with Crippen LogP contribution in [-0.2, 0) is 0 Å². The van der Waals surface area contributed by atoms with Gasteiger partial charge in [-0.25, -0.2) is 11.1 Å². The molecule has 0 saturated carbocycles. The zero-order valence-electron chi connectivity index (χ0n) is 4.21. The molecule has 4 nitrogen and oxygen atoms in total. The van der Waals surface area contributed by atoms with Gasteiger partial charge in [0.25, 0.3) is 0 Å². The number of rotatable bonds is 0. The van der Waals surface area contributed by atoms with E-state index in [9.17, 15) is 0 Å². The van der Waals surface area contributed by atoms with Crippen molar-refractivity contribution in [3.8, 4) is 0 Å². The van der Waals surface area contributed by atoms with Gasteiger partial charge in [-0.2, -0.15) is 8.11 Å². The Labute approximate surface area is 89.2 Å². The van der Waals surface area contributed by atoms with Crippen LogP contribution in [0.5, 0.6) is 0 Å². The molecule has 0 heterocycles. The van der Waals surface area contributed by atoms with Crippen LogP contribution in [0.2, 0.25) is 0 Å². The van der Waals surface area contributed by atoms with E-state index in [1.54, 1.807) is 0 Å². The Hall–Kier alpha value is 1.94. The van der Waals surface area contributed by atoms with Crippen LogP contribution in [0, 0.1) is 0 Å². The van der Waals surface area contributed by atoms with Crippen molar-refractivity contribution in [1.29, 1.82) is 0 Å². The summed E-state index contributed by atoms with van der Waals surface area (Å²) in [6.45, 7) is 0. The molecule has 0 fully saturated rings. The van der Waals surface area contributed by atoms with Crippen LogP contribution >= 0.6 is 11.1 Å². The van der Waals surface area contributed by atoms with Gasteiger partial charge in [0.1, 0.15) is 0 Å². The van der Waals surface area contributed by atoms with Crippen LogP contribution in [0.25, 0.3) is 0 Å². The third-order valence-electron chi connectivity index (χ3n) is 0. The molecule has 0 amide bonds. The second kappa shape index (κ2) is 12.6. The Morgan fingerprint density at radius 1 is 1.22 bits per heavy atom. The maximum absolute atomic E-state index is 8.90. The molecule has 0 saturated heterocycles. The van der Waals surface area contributed by atoms with Crippen molar-refractivity contribution in [2.45, 2.75) is 0 Å². The summed E-state index contributed by atoms with van der Waals surface area (Å²) >= 11 is 5.42. The van der Waals surface area contributed by atoms with E-state index in [1.165, 1.54) is 16.6 Å².